The van der Waals surface area contributed by atoms with Crippen LogP contribution in [0.5, 0.6) is 0 Å². The normalized spacial score (nSPS) is 11.0. The molecule has 116 valence electrons. The van der Waals surface area contributed by atoms with Gasteiger partial charge >= 0.3 is 24.0 Å². The number of nitrogens with zero attached hydrogens (tertiary/aromatic N) is 1. The molecule has 0 heterocycles. The maximum Gasteiger partial charge on any atom is 0.471 e. The van der Waals surface area contributed by atoms with Crippen molar-refractivity contribution in [3.8, 4) is 0 Å². The minimum absolute atomic E-state index is 0.128. The molecule has 0 unspecified atom stereocenters. The molecule has 20 heavy (non-hydrogen) atoms. The van der Waals surface area contributed by atoms with Crippen molar-refractivity contribution in [3.05, 3.63) is 0 Å². The van der Waals surface area contributed by atoms with Crippen LogP contribution in [0.1, 0.15) is 25.7 Å². The van der Waals surface area contributed by atoms with Crippen LogP contribution in [0.4, 0.5) is 13.2 Å². The van der Waals surface area contributed by atoms with Crippen molar-refractivity contribution in [1.82, 2.24) is 4.90 Å². The van der Waals surface area contributed by atoms with Crippen LogP contribution in [0.25, 0.3) is 0 Å². The summed E-state index contributed by atoms with van der Waals surface area (Å²) < 4.78 is 41.1. The Morgan fingerprint density at radius 1 is 1.15 bits per heavy atom. The largest absolute Gasteiger partial charge is 0.480 e. The van der Waals surface area contributed by atoms with Crippen molar-refractivity contribution in [3.63, 3.8) is 0 Å². The van der Waals surface area contributed by atoms with Gasteiger partial charge in [0.15, 0.2) is 0 Å². The molecule has 0 saturated heterocycles. The molecule has 0 aliphatic carbocycles. The van der Waals surface area contributed by atoms with Crippen molar-refractivity contribution in [2.75, 3.05) is 20.2 Å². The lowest BCUT2D eigenvalue weighted by Gasteiger charge is -2.21. The summed E-state index contributed by atoms with van der Waals surface area (Å²) in [6.45, 7) is -1.33. The molecule has 0 bridgehead atoms. The van der Waals surface area contributed by atoms with Crippen LogP contribution in [0, 0.1) is 0 Å². The van der Waals surface area contributed by atoms with Crippen LogP contribution in [0.15, 0.2) is 0 Å². The number of hydrogen-bond acceptors (Lipinski definition) is 4. The van der Waals surface area contributed by atoms with Crippen molar-refractivity contribution >= 4 is 17.8 Å². The predicted molar refractivity (Wildman–Crippen MR) is 60.8 cm³/mol. The smallest absolute Gasteiger partial charge is 0.471 e. The molecule has 0 aromatic heterocycles. The molecular weight excluding hydrogens is 283 g/mol. The number of carbonyl (C=O) groups excluding carboxylic acids is 2. The number of rotatable bonds is 8. The minimum atomic E-state index is -5.10. The second kappa shape index (κ2) is 8.39. The van der Waals surface area contributed by atoms with E-state index in [1.165, 1.54) is 7.11 Å². The van der Waals surface area contributed by atoms with Crippen LogP contribution >= 0.6 is 0 Å². The van der Waals surface area contributed by atoms with Crippen LogP contribution in [-0.4, -0.2) is 54.2 Å². The Hall–Kier alpha value is -1.80. The molecule has 0 saturated carbocycles. The number of alkyl halides is 3. The number of aliphatic carboxylic acids is 1. The maximum absolute atomic E-state index is 12.2. The first-order valence-electron chi connectivity index (χ1n) is 5.83. The van der Waals surface area contributed by atoms with E-state index in [0.717, 1.165) is 0 Å². The number of hydrogen-bond donors (Lipinski definition) is 1. The van der Waals surface area contributed by atoms with Crippen molar-refractivity contribution in [2.45, 2.75) is 31.9 Å². The number of carbonyl (C=O) groups is 3. The van der Waals surface area contributed by atoms with Crippen LogP contribution in [0.2, 0.25) is 0 Å². The zero-order valence-corrected chi connectivity index (χ0v) is 10.9. The Kier molecular flexibility index (Phi) is 7.63. The zero-order valence-electron chi connectivity index (χ0n) is 10.9. The number of halogens is 3. The van der Waals surface area contributed by atoms with Crippen molar-refractivity contribution < 1.29 is 37.4 Å². The average Bonchev–Trinajstić information content (AvgIpc) is 2.34. The molecule has 0 aliphatic rings. The van der Waals surface area contributed by atoms with Gasteiger partial charge in [-0.2, -0.15) is 13.2 Å². The van der Waals surface area contributed by atoms with Gasteiger partial charge in [0.25, 0.3) is 0 Å². The maximum atomic E-state index is 12.2. The fourth-order valence-electron chi connectivity index (χ4n) is 1.45. The molecule has 6 nitrogen and oxygen atoms in total. The van der Waals surface area contributed by atoms with Gasteiger partial charge in [-0.15, -0.1) is 0 Å². The first kappa shape index (κ1) is 18.2. The summed E-state index contributed by atoms with van der Waals surface area (Å²) >= 11 is 0. The fraction of sp³-hybridized carbons (Fsp3) is 0.727. The molecule has 0 aromatic carbocycles. The lowest BCUT2D eigenvalue weighted by molar-refractivity contribution is -0.186. The number of ether oxygens (including phenoxy) is 1. The van der Waals surface area contributed by atoms with Gasteiger partial charge in [0.1, 0.15) is 6.54 Å². The lowest BCUT2D eigenvalue weighted by atomic mass is 10.2. The Morgan fingerprint density at radius 2 is 1.75 bits per heavy atom. The van der Waals surface area contributed by atoms with Gasteiger partial charge in [-0.05, 0) is 12.8 Å². The quantitative estimate of drug-likeness (QED) is 0.538. The average molecular weight is 299 g/mol. The van der Waals surface area contributed by atoms with E-state index in [1.54, 1.807) is 0 Å². The number of carboxylic acid groups (broad SMARTS) is 1. The molecule has 0 aliphatic heterocycles. The Morgan fingerprint density at radius 3 is 2.20 bits per heavy atom. The van der Waals surface area contributed by atoms with E-state index in [2.05, 4.69) is 4.74 Å². The molecule has 0 radical (unpaired) electrons. The summed E-state index contributed by atoms with van der Waals surface area (Å²) in [7, 11) is 1.22. The lowest BCUT2D eigenvalue weighted by Crippen LogP contribution is -2.44. The van der Waals surface area contributed by atoms with Gasteiger partial charge in [-0.3, -0.25) is 14.4 Å². The topological polar surface area (TPSA) is 83.9 Å². The highest BCUT2D eigenvalue weighted by atomic mass is 19.4. The molecule has 0 atom stereocenters. The zero-order chi connectivity index (χ0) is 15.8. The van der Waals surface area contributed by atoms with E-state index in [9.17, 15) is 27.6 Å². The highest BCUT2D eigenvalue weighted by Gasteiger charge is 2.42. The van der Waals surface area contributed by atoms with E-state index < -0.39 is 30.6 Å². The van der Waals surface area contributed by atoms with Crippen LogP contribution < -0.4 is 0 Å². The first-order chi connectivity index (χ1) is 9.18. The molecule has 0 fully saturated rings. The Labute approximate surface area is 113 Å². The van der Waals surface area contributed by atoms with Gasteiger partial charge in [0.05, 0.1) is 7.11 Å². The molecule has 0 rings (SSSR count). The van der Waals surface area contributed by atoms with Gasteiger partial charge in [0, 0.05) is 13.0 Å². The molecule has 0 aromatic rings. The highest BCUT2D eigenvalue weighted by molar-refractivity contribution is 5.85. The Balaban J connectivity index is 4.22. The van der Waals surface area contributed by atoms with Gasteiger partial charge < -0.3 is 14.7 Å². The van der Waals surface area contributed by atoms with Crippen molar-refractivity contribution in [1.29, 1.82) is 0 Å². The van der Waals surface area contributed by atoms with E-state index in [4.69, 9.17) is 5.11 Å². The second-order valence-electron chi connectivity index (χ2n) is 4.00. The molecule has 0 spiro atoms. The van der Waals surface area contributed by atoms with E-state index in [1.807, 2.05) is 0 Å². The van der Waals surface area contributed by atoms with E-state index in [0.29, 0.717) is 12.8 Å². The third-order valence-electron chi connectivity index (χ3n) is 2.39. The Bertz CT molecular complexity index is 356. The van der Waals surface area contributed by atoms with Crippen LogP contribution in [0.3, 0.4) is 0 Å². The molecule has 1 N–H and O–H groups in total. The molecule has 1 amide bonds. The number of unbranched alkanes of at least 4 members (excludes halogenated alkanes) is 2. The number of methoxy groups -OCH3 is 1. The standard InChI is InChI=1S/C11H16F3NO5/c1-20-9(18)5-3-2-4-6-15(7-8(16)17)10(19)11(12,13)14/h2-7H2,1H3,(H,16,17). The predicted octanol–water partition coefficient (Wildman–Crippen LogP) is 1.20. The van der Waals surface area contributed by atoms with E-state index >= 15 is 0 Å². The first-order valence-corrected chi connectivity index (χ1v) is 5.83. The SMILES string of the molecule is COC(=O)CCCCCN(CC(=O)O)C(=O)C(F)(F)F. The molecular formula is C11H16F3NO5. The summed E-state index contributed by atoms with van der Waals surface area (Å²) in [4.78, 5) is 32.4. The fourth-order valence-corrected chi connectivity index (χ4v) is 1.45. The third kappa shape index (κ3) is 7.59. The van der Waals surface area contributed by atoms with Gasteiger partial charge in [-0.25, -0.2) is 0 Å². The number of esters is 1. The van der Waals surface area contributed by atoms with Gasteiger partial charge in [0.2, 0.25) is 0 Å². The molecule has 9 heteroatoms. The van der Waals surface area contributed by atoms with E-state index in [-0.39, 0.29) is 24.3 Å². The summed E-state index contributed by atoms with van der Waals surface area (Å²) in [6, 6.07) is 0. The second-order valence-corrected chi connectivity index (χ2v) is 4.00. The summed E-state index contributed by atoms with van der Waals surface area (Å²) in [6.07, 6.45) is -4.01. The number of amides is 1. The highest BCUT2D eigenvalue weighted by Crippen LogP contribution is 2.18. The minimum Gasteiger partial charge on any atom is -0.480 e. The summed E-state index contributed by atoms with van der Waals surface area (Å²) in [5.74, 6) is -4.12. The van der Waals surface area contributed by atoms with Crippen LogP contribution in [-0.2, 0) is 19.1 Å². The third-order valence-corrected chi connectivity index (χ3v) is 2.39. The summed E-state index contributed by atoms with van der Waals surface area (Å²) in [5.41, 5.74) is 0. The summed E-state index contributed by atoms with van der Waals surface area (Å²) in [5, 5.41) is 8.48. The van der Waals surface area contributed by atoms with Gasteiger partial charge in [-0.1, -0.05) is 6.42 Å². The number of carboxylic acids is 1. The monoisotopic (exact) mass is 299 g/mol. The van der Waals surface area contributed by atoms with Crippen molar-refractivity contribution in [2.24, 2.45) is 0 Å².